The first-order valence-corrected chi connectivity index (χ1v) is 13.2. The van der Waals surface area contributed by atoms with Crippen LogP contribution >= 0.6 is 0 Å². The maximum atomic E-state index is 12.5. The van der Waals surface area contributed by atoms with Gasteiger partial charge in [0.25, 0.3) is 20.2 Å². The fraction of sp³-hybridized carbons (Fsp3) is 0.333. The van der Waals surface area contributed by atoms with Crippen molar-refractivity contribution in [2.45, 2.75) is 35.8 Å². The molecule has 0 aromatic heterocycles. The van der Waals surface area contributed by atoms with Crippen LogP contribution in [0.25, 0.3) is 0 Å². The standard InChI is InChI=1S/C18H20O8S3/c1-13-3-7-15(8-4-13)28(21,22)25-17-11-27(19,20)12-18(17)26-29(23,24)16-9-5-14(2)6-10-16/h3-10,17-18H,11-12H2,1-2H3. The van der Waals surface area contributed by atoms with Crippen LogP contribution in [0, 0.1) is 13.8 Å². The molecule has 1 fully saturated rings. The van der Waals surface area contributed by atoms with E-state index in [1.807, 2.05) is 0 Å². The maximum Gasteiger partial charge on any atom is 0.297 e. The van der Waals surface area contributed by atoms with Crippen LogP contribution in [0.5, 0.6) is 0 Å². The van der Waals surface area contributed by atoms with Crippen LogP contribution < -0.4 is 0 Å². The summed E-state index contributed by atoms with van der Waals surface area (Å²) in [5, 5.41) is 0. The molecule has 158 valence electrons. The van der Waals surface area contributed by atoms with Crippen LogP contribution in [0.3, 0.4) is 0 Å². The highest BCUT2D eigenvalue weighted by atomic mass is 32.2. The molecular weight excluding hydrogens is 440 g/mol. The average Bonchev–Trinajstić information content (AvgIpc) is 2.87. The highest BCUT2D eigenvalue weighted by molar-refractivity contribution is 7.92. The number of rotatable bonds is 6. The smallest absolute Gasteiger partial charge is 0.259 e. The lowest BCUT2D eigenvalue weighted by Gasteiger charge is -2.18. The third-order valence-corrected chi connectivity index (χ3v) is 8.74. The van der Waals surface area contributed by atoms with Gasteiger partial charge in [-0.25, -0.2) is 8.42 Å². The summed E-state index contributed by atoms with van der Waals surface area (Å²) in [4.78, 5) is -0.319. The van der Waals surface area contributed by atoms with Gasteiger partial charge in [0.2, 0.25) is 0 Å². The second-order valence-electron chi connectivity index (χ2n) is 6.88. The van der Waals surface area contributed by atoms with Crippen LogP contribution in [-0.4, -0.2) is 49.0 Å². The van der Waals surface area contributed by atoms with Crippen molar-refractivity contribution in [3.05, 3.63) is 59.7 Å². The zero-order chi connectivity index (χ0) is 21.4. The number of benzene rings is 2. The van der Waals surface area contributed by atoms with E-state index < -0.39 is 53.8 Å². The lowest BCUT2D eigenvalue weighted by molar-refractivity contribution is 0.101. The van der Waals surface area contributed by atoms with E-state index in [9.17, 15) is 25.3 Å². The molecular formula is C18H20O8S3. The van der Waals surface area contributed by atoms with Crippen molar-refractivity contribution >= 4 is 30.1 Å². The van der Waals surface area contributed by atoms with Gasteiger partial charge < -0.3 is 0 Å². The van der Waals surface area contributed by atoms with E-state index in [0.717, 1.165) is 11.1 Å². The van der Waals surface area contributed by atoms with Crippen LogP contribution in [-0.2, 0) is 38.4 Å². The Bertz CT molecular complexity index is 1110. The van der Waals surface area contributed by atoms with E-state index in [0.29, 0.717) is 0 Å². The van der Waals surface area contributed by atoms with E-state index in [1.54, 1.807) is 38.1 Å². The van der Waals surface area contributed by atoms with Crippen molar-refractivity contribution < 1.29 is 33.6 Å². The van der Waals surface area contributed by atoms with Crippen LogP contribution in [0.1, 0.15) is 11.1 Å². The first-order valence-electron chi connectivity index (χ1n) is 8.58. The number of sulfone groups is 1. The van der Waals surface area contributed by atoms with Gasteiger partial charge in [0.15, 0.2) is 9.84 Å². The van der Waals surface area contributed by atoms with Gasteiger partial charge in [-0.2, -0.15) is 16.8 Å². The molecule has 1 heterocycles. The predicted octanol–water partition coefficient (Wildman–Crippen LogP) is 1.58. The van der Waals surface area contributed by atoms with E-state index in [2.05, 4.69) is 0 Å². The van der Waals surface area contributed by atoms with Gasteiger partial charge in [0.05, 0.1) is 21.3 Å². The number of hydrogen-bond donors (Lipinski definition) is 0. The van der Waals surface area contributed by atoms with Crippen molar-refractivity contribution in [1.82, 2.24) is 0 Å². The Balaban J connectivity index is 1.85. The quantitative estimate of drug-likeness (QED) is 0.596. The SMILES string of the molecule is Cc1ccc(S(=O)(=O)OC2CS(=O)(=O)CC2OS(=O)(=O)c2ccc(C)cc2)cc1. The van der Waals surface area contributed by atoms with Gasteiger partial charge in [0.1, 0.15) is 12.2 Å². The van der Waals surface area contributed by atoms with Crippen molar-refractivity contribution in [2.75, 3.05) is 11.5 Å². The lowest BCUT2D eigenvalue weighted by atomic mass is 10.2. The molecule has 0 N–H and O–H groups in total. The Hall–Kier alpha value is -1.79. The molecule has 0 bridgehead atoms. The Morgan fingerprint density at radius 2 is 1.00 bits per heavy atom. The van der Waals surface area contributed by atoms with E-state index >= 15 is 0 Å². The Kier molecular flexibility index (Phi) is 5.89. The topological polar surface area (TPSA) is 121 Å². The molecule has 2 atom stereocenters. The van der Waals surface area contributed by atoms with Gasteiger partial charge in [-0.1, -0.05) is 35.4 Å². The van der Waals surface area contributed by atoms with Crippen LogP contribution in [0.4, 0.5) is 0 Å². The molecule has 0 amide bonds. The van der Waals surface area contributed by atoms with Gasteiger partial charge >= 0.3 is 0 Å². The summed E-state index contributed by atoms with van der Waals surface area (Å²) in [6.07, 6.45) is -2.96. The molecule has 3 rings (SSSR count). The van der Waals surface area contributed by atoms with Gasteiger partial charge in [-0.15, -0.1) is 0 Å². The molecule has 1 aliphatic rings. The molecule has 0 spiro atoms. The predicted molar refractivity (Wildman–Crippen MR) is 105 cm³/mol. The summed E-state index contributed by atoms with van der Waals surface area (Å²) in [5.41, 5.74) is 1.66. The molecule has 11 heteroatoms. The molecule has 0 aliphatic carbocycles. The molecule has 8 nitrogen and oxygen atoms in total. The average molecular weight is 461 g/mol. The molecule has 1 aliphatic heterocycles. The Labute approximate surface area is 170 Å². The van der Waals surface area contributed by atoms with E-state index in [4.69, 9.17) is 8.37 Å². The number of aryl methyl sites for hydroxylation is 2. The minimum absolute atomic E-state index is 0.160. The summed E-state index contributed by atoms with van der Waals surface area (Å²) in [7, 11) is -12.4. The van der Waals surface area contributed by atoms with Gasteiger partial charge in [-0.05, 0) is 38.1 Å². The highest BCUT2D eigenvalue weighted by Crippen LogP contribution is 2.27. The highest BCUT2D eigenvalue weighted by Gasteiger charge is 2.44. The van der Waals surface area contributed by atoms with E-state index in [-0.39, 0.29) is 9.79 Å². The Morgan fingerprint density at radius 3 is 1.31 bits per heavy atom. The van der Waals surface area contributed by atoms with Gasteiger partial charge in [0, 0.05) is 0 Å². The number of hydrogen-bond acceptors (Lipinski definition) is 8. The molecule has 2 aromatic rings. The Morgan fingerprint density at radius 1 is 0.690 bits per heavy atom. The van der Waals surface area contributed by atoms with Crippen molar-refractivity contribution in [3.63, 3.8) is 0 Å². The summed E-state index contributed by atoms with van der Waals surface area (Å²) in [6.45, 7) is 3.56. The zero-order valence-electron chi connectivity index (χ0n) is 15.7. The monoisotopic (exact) mass is 460 g/mol. The van der Waals surface area contributed by atoms with Crippen molar-refractivity contribution in [1.29, 1.82) is 0 Å². The van der Waals surface area contributed by atoms with Gasteiger partial charge in [-0.3, -0.25) is 8.37 Å². The summed E-state index contributed by atoms with van der Waals surface area (Å²) >= 11 is 0. The van der Waals surface area contributed by atoms with Crippen molar-refractivity contribution in [2.24, 2.45) is 0 Å². The molecule has 1 saturated heterocycles. The lowest BCUT2D eigenvalue weighted by Crippen LogP contribution is -2.34. The molecule has 29 heavy (non-hydrogen) atoms. The minimum Gasteiger partial charge on any atom is -0.259 e. The normalized spacial score (nSPS) is 21.9. The molecule has 2 unspecified atom stereocenters. The summed E-state index contributed by atoms with van der Waals surface area (Å²) in [5.74, 6) is -1.32. The largest absolute Gasteiger partial charge is 0.297 e. The molecule has 0 radical (unpaired) electrons. The summed E-state index contributed by atoms with van der Waals surface area (Å²) in [6, 6.07) is 11.6. The third kappa shape index (κ3) is 5.23. The van der Waals surface area contributed by atoms with Crippen molar-refractivity contribution in [3.8, 4) is 0 Å². The summed E-state index contributed by atoms with van der Waals surface area (Å²) < 4.78 is 84.3. The minimum atomic E-state index is -4.31. The van der Waals surface area contributed by atoms with Crippen LogP contribution in [0.2, 0.25) is 0 Å². The molecule has 2 aromatic carbocycles. The first kappa shape index (κ1) is 21.9. The maximum absolute atomic E-state index is 12.5. The zero-order valence-corrected chi connectivity index (χ0v) is 18.1. The first-order chi connectivity index (χ1) is 13.4. The molecule has 0 saturated carbocycles. The second-order valence-corrected chi connectivity index (χ2v) is 12.2. The van der Waals surface area contributed by atoms with Crippen LogP contribution in [0.15, 0.2) is 58.3 Å². The fourth-order valence-corrected chi connectivity index (χ4v) is 6.88. The third-order valence-electron chi connectivity index (χ3n) is 4.37. The second kappa shape index (κ2) is 7.80. The van der Waals surface area contributed by atoms with E-state index in [1.165, 1.54) is 24.3 Å². The fourth-order valence-electron chi connectivity index (χ4n) is 2.81.